The molecule has 6 nitrogen and oxygen atoms in total. The van der Waals surface area contributed by atoms with E-state index in [0.717, 1.165) is 12.1 Å². The Morgan fingerprint density at radius 1 is 1.81 bits per heavy atom. The highest BCUT2D eigenvalue weighted by Gasteiger charge is 2.23. The molecule has 0 aromatic carbocycles. The molecule has 0 saturated carbocycles. The predicted octanol–water partition coefficient (Wildman–Crippen LogP) is -0.388. The number of rotatable bonds is 4. The lowest BCUT2D eigenvalue weighted by Crippen LogP contribution is -2.37. The van der Waals surface area contributed by atoms with Crippen LogP contribution in [0.25, 0.3) is 0 Å². The fourth-order valence-electron chi connectivity index (χ4n) is 1.57. The van der Waals surface area contributed by atoms with Gasteiger partial charge in [-0.15, -0.1) is 0 Å². The zero-order valence-electron chi connectivity index (χ0n) is 8.89. The summed E-state index contributed by atoms with van der Waals surface area (Å²) in [6.07, 6.45) is 4.22. The van der Waals surface area contributed by atoms with Crippen LogP contribution in [0.1, 0.15) is 12.1 Å². The second-order valence-corrected chi connectivity index (χ2v) is 3.81. The highest BCUT2D eigenvalue weighted by Crippen LogP contribution is 2.09. The number of carbonyl (C=O) groups excluding carboxylic acids is 1. The summed E-state index contributed by atoms with van der Waals surface area (Å²) in [6, 6.07) is -0.652. The van der Waals surface area contributed by atoms with E-state index in [1.54, 1.807) is 12.5 Å². The van der Waals surface area contributed by atoms with Crippen LogP contribution in [0.4, 0.5) is 0 Å². The number of H-pyrrole nitrogens is 1. The number of aromatic amines is 1. The lowest BCUT2D eigenvalue weighted by atomic mass is 10.2. The van der Waals surface area contributed by atoms with Crippen LogP contribution in [0.5, 0.6) is 0 Å². The summed E-state index contributed by atoms with van der Waals surface area (Å²) in [5.74, 6) is -0.384. The summed E-state index contributed by atoms with van der Waals surface area (Å²) < 4.78 is 10.3. The normalized spacial score (nSPS) is 21.9. The lowest BCUT2D eigenvalue weighted by Gasteiger charge is -2.14. The molecule has 1 aliphatic heterocycles. The van der Waals surface area contributed by atoms with Crippen LogP contribution in [-0.4, -0.2) is 41.3 Å². The van der Waals surface area contributed by atoms with E-state index in [-0.39, 0.29) is 12.1 Å². The number of aromatic nitrogens is 2. The quantitative estimate of drug-likeness (QED) is 0.681. The molecule has 2 unspecified atom stereocenters. The summed E-state index contributed by atoms with van der Waals surface area (Å²) in [5.41, 5.74) is 6.55. The zero-order valence-corrected chi connectivity index (χ0v) is 8.89. The molecule has 0 bridgehead atoms. The highest BCUT2D eigenvalue weighted by molar-refractivity contribution is 5.76. The third-order valence-corrected chi connectivity index (χ3v) is 2.47. The van der Waals surface area contributed by atoms with Gasteiger partial charge in [0.05, 0.1) is 19.5 Å². The van der Waals surface area contributed by atoms with Gasteiger partial charge in [-0.05, 0) is 0 Å². The molecule has 0 radical (unpaired) electrons. The van der Waals surface area contributed by atoms with Gasteiger partial charge in [-0.2, -0.15) is 0 Å². The molecule has 1 aliphatic rings. The lowest BCUT2D eigenvalue weighted by molar-refractivity contribution is -0.150. The number of imidazole rings is 1. The molecule has 1 fully saturated rings. The van der Waals surface area contributed by atoms with Gasteiger partial charge in [0.15, 0.2) is 0 Å². The molecule has 2 atom stereocenters. The molecule has 1 saturated heterocycles. The zero-order chi connectivity index (χ0) is 11.4. The van der Waals surface area contributed by atoms with E-state index >= 15 is 0 Å². The first-order chi connectivity index (χ1) is 7.75. The molecule has 0 aliphatic carbocycles. The van der Waals surface area contributed by atoms with Crippen molar-refractivity contribution in [2.75, 3.05) is 13.2 Å². The van der Waals surface area contributed by atoms with E-state index in [1.165, 1.54) is 0 Å². The molecule has 0 amide bonds. The van der Waals surface area contributed by atoms with Crippen LogP contribution in [0.15, 0.2) is 12.5 Å². The van der Waals surface area contributed by atoms with Crippen molar-refractivity contribution in [3.05, 3.63) is 18.2 Å². The Hall–Kier alpha value is -1.40. The molecule has 2 rings (SSSR count). The van der Waals surface area contributed by atoms with E-state index in [0.29, 0.717) is 19.6 Å². The maximum Gasteiger partial charge on any atom is 0.323 e. The van der Waals surface area contributed by atoms with E-state index in [1.807, 2.05) is 0 Å². The standard InChI is InChI=1S/C10H15N3O3/c11-9(3-7-4-12-6-13-7)10(14)16-8-1-2-15-5-8/h4,6,8-9H,1-3,5,11H2,(H,12,13). The topological polar surface area (TPSA) is 90.2 Å². The Morgan fingerprint density at radius 3 is 3.31 bits per heavy atom. The van der Waals surface area contributed by atoms with Gasteiger partial charge < -0.3 is 20.2 Å². The molecule has 2 heterocycles. The average molecular weight is 225 g/mol. The molecular weight excluding hydrogens is 210 g/mol. The van der Waals surface area contributed by atoms with Crippen molar-refractivity contribution in [3.63, 3.8) is 0 Å². The highest BCUT2D eigenvalue weighted by atomic mass is 16.6. The second-order valence-electron chi connectivity index (χ2n) is 3.81. The minimum absolute atomic E-state index is 0.139. The molecule has 16 heavy (non-hydrogen) atoms. The van der Waals surface area contributed by atoms with Gasteiger partial charge in [-0.1, -0.05) is 0 Å². The first-order valence-electron chi connectivity index (χ1n) is 5.27. The molecule has 0 spiro atoms. The third kappa shape index (κ3) is 2.80. The number of nitrogens with two attached hydrogens (primary N) is 1. The molecule has 1 aromatic heterocycles. The minimum Gasteiger partial charge on any atom is -0.459 e. The van der Waals surface area contributed by atoms with Gasteiger partial charge in [-0.3, -0.25) is 4.79 Å². The number of carbonyl (C=O) groups is 1. The van der Waals surface area contributed by atoms with Crippen molar-refractivity contribution in [1.82, 2.24) is 9.97 Å². The Kier molecular flexibility index (Phi) is 3.53. The van der Waals surface area contributed by atoms with Crippen LogP contribution in [0.2, 0.25) is 0 Å². The summed E-state index contributed by atoms with van der Waals surface area (Å²) >= 11 is 0. The minimum atomic E-state index is -0.652. The summed E-state index contributed by atoms with van der Waals surface area (Å²) in [4.78, 5) is 18.3. The van der Waals surface area contributed by atoms with Gasteiger partial charge in [0.2, 0.25) is 0 Å². The van der Waals surface area contributed by atoms with Crippen LogP contribution in [0.3, 0.4) is 0 Å². The van der Waals surface area contributed by atoms with Gasteiger partial charge in [0, 0.05) is 24.7 Å². The largest absolute Gasteiger partial charge is 0.459 e. The number of esters is 1. The summed E-state index contributed by atoms with van der Waals surface area (Å²) in [5, 5.41) is 0. The second kappa shape index (κ2) is 5.09. The first kappa shape index (κ1) is 11.1. The Bertz CT molecular complexity index is 333. The maximum atomic E-state index is 11.6. The SMILES string of the molecule is NC(Cc1cnc[nH]1)C(=O)OC1CCOC1. The van der Waals surface area contributed by atoms with Crippen LogP contribution < -0.4 is 5.73 Å². The van der Waals surface area contributed by atoms with Crippen molar-refractivity contribution < 1.29 is 14.3 Å². The third-order valence-electron chi connectivity index (χ3n) is 2.47. The van der Waals surface area contributed by atoms with Gasteiger partial charge in [0.25, 0.3) is 0 Å². The van der Waals surface area contributed by atoms with Gasteiger partial charge in [0.1, 0.15) is 12.1 Å². The van der Waals surface area contributed by atoms with E-state index in [9.17, 15) is 4.79 Å². The molecule has 6 heteroatoms. The number of nitrogens with zero attached hydrogens (tertiary/aromatic N) is 1. The van der Waals surface area contributed by atoms with Crippen molar-refractivity contribution in [2.24, 2.45) is 5.73 Å². The van der Waals surface area contributed by atoms with Gasteiger partial charge >= 0.3 is 5.97 Å². The maximum absolute atomic E-state index is 11.6. The Labute approximate surface area is 93.1 Å². The predicted molar refractivity (Wildman–Crippen MR) is 55.6 cm³/mol. The number of hydrogen-bond donors (Lipinski definition) is 2. The Morgan fingerprint density at radius 2 is 2.69 bits per heavy atom. The fraction of sp³-hybridized carbons (Fsp3) is 0.600. The summed E-state index contributed by atoms with van der Waals surface area (Å²) in [6.45, 7) is 1.12. The fourth-order valence-corrected chi connectivity index (χ4v) is 1.57. The molecule has 88 valence electrons. The number of nitrogens with one attached hydrogen (secondary N) is 1. The molecule has 1 aromatic rings. The van der Waals surface area contributed by atoms with Gasteiger partial charge in [-0.25, -0.2) is 4.98 Å². The monoisotopic (exact) mass is 225 g/mol. The van der Waals surface area contributed by atoms with E-state index < -0.39 is 6.04 Å². The number of ether oxygens (including phenoxy) is 2. The van der Waals surface area contributed by atoms with Crippen molar-refractivity contribution >= 4 is 5.97 Å². The summed E-state index contributed by atoms with van der Waals surface area (Å²) in [7, 11) is 0. The van der Waals surface area contributed by atoms with E-state index in [2.05, 4.69) is 9.97 Å². The van der Waals surface area contributed by atoms with Crippen LogP contribution in [-0.2, 0) is 20.7 Å². The molecule has 3 N–H and O–H groups in total. The van der Waals surface area contributed by atoms with Crippen LogP contribution >= 0.6 is 0 Å². The Balaban J connectivity index is 1.79. The average Bonchev–Trinajstić information content (AvgIpc) is 2.90. The van der Waals surface area contributed by atoms with Crippen molar-refractivity contribution in [3.8, 4) is 0 Å². The van der Waals surface area contributed by atoms with Crippen LogP contribution in [0, 0.1) is 0 Å². The smallest absolute Gasteiger partial charge is 0.323 e. The number of hydrogen-bond acceptors (Lipinski definition) is 5. The first-order valence-corrected chi connectivity index (χ1v) is 5.27. The van der Waals surface area contributed by atoms with E-state index in [4.69, 9.17) is 15.2 Å². The molecular formula is C10H15N3O3. The van der Waals surface area contributed by atoms with Crippen molar-refractivity contribution in [1.29, 1.82) is 0 Å². The van der Waals surface area contributed by atoms with Crippen molar-refractivity contribution in [2.45, 2.75) is 25.0 Å².